The van der Waals surface area contributed by atoms with E-state index < -0.39 is 0 Å². The van der Waals surface area contributed by atoms with Gasteiger partial charge in [0.15, 0.2) is 11.5 Å². The third kappa shape index (κ3) is 3.08. The number of hydrogen-bond donors (Lipinski definition) is 3. The molecule has 0 bridgehead atoms. The van der Waals surface area contributed by atoms with Crippen molar-refractivity contribution in [3.63, 3.8) is 0 Å². The predicted molar refractivity (Wildman–Crippen MR) is 71.9 cm³/mol. The fraction of sp³-hybridized carbons (Fsp3) is 0.500. The molecule has 0 spiro atoms. The lowest BCUT2D eigenvalue weighted by Gasteiger charge is -2.18. The van der Waals surface area contributed by atoms with Crippen molar-refractivity contribution in [3.8, 4) is 0 Å². The van der Waals surface area contributed by atoms with Crippen molar-refractivity contribution in [3.05, 3.63) is 22.4 Å². The number of nitrogens with one attached hydrogen (secondary N) is 1. The Labute approximate surface area is 110 Å². The molecule has 5 nitrogen and oxygen atoms in total. The van der Waals surface area contributed by atoms with Crippen LogP contribution in [0.3, 0.4) is 0 Å². The van der Waals surface area contributed by atoms with Crippen molar-refractivity contribution in [2.24, 2.45) is 10.1 Å². The molecule has 0 unspecified atom stereocenters. The molecule has 3 N–H and O–H groups in total. The van der Waals surface area contributed by atoms with Crippen LogP contribution < -0.4 is 5.48 Å². The van der Waals surface area contributed by atoms with E-state index >= 15 is 0 Å². The van der Waals surface area contributed by atoms with E-state index in [1.807, 2.05) is 17.5 Å². The quantitative estimate of drug-likeness (QED) is 0.341. The molecular weight excluding hydrogens is 250 g/mol. The van der Waals surface area contributed by atoms with Gasteiger partial charge in [0.1, 0.15) is 0 Å². The first-order valence-corrected chi connectivity index (χ1v) is 6.97. The summed E-state index contributed by atoms with van der Waals surface area (Å²) in [4.78, 5) is 5.22. The van der Waals surface area contributed by atoms with Crippen LogP contribution in [0.25, 0.3) is 0 Å². The topological polar surface area (TPSA) is 77.2 Å². The van der Waals surface area contributed by atoms with Crippen molar-refractivity contribution >= 4 is 22.9 Å². The van der Waals surface area contributed by atoms with Gasteiger partial charge in [-0.05, 0) is 24.3 Å². The summed E-state index contributed by atoms with van der Waals surface area (Å²) < 4.78 is 0. The summed E-state index contributed by atoms with van der Waals surface area (Å²) in [5.74, 6) is 0.242. The van der Waals surface area contributed by atoms with E-state index in [0.29, 0.717) is 0 Å². The maximum atomic E-state index is 9.19. The number of hydroxylamine groups is 1. The standard InChI is InChI=1S/C12H17N3O2S/c16-14-11(10-7-4-8-18-10)12(15-17)13-9-5-2-1-3-6-9/h4,7-9,16-17H,1-3,5-6H2,(H,13,15)/b14-11+. The predicted octanol–water partition coefficient (Wildman–Crippen LogP) is 2.64. The molecule has 0 saturated heterocycles. The van der Waals surface area contributed by atoms with Gasteiger partial charge in [0.2, 0.25) is 0 Å². The number of hydrogen-bond acceptors (Lipinski definition) is 5. The molecule has 1 aromatic heterocycles. The minimum Gasteiger partial charge on any atom is -0.410 e. The molecule has 0 amide bonds. The van der Waals surface area contributed by atoms with E-state index in [0.717, 1.165) is 30.6 Å². The zero-order chi connectivity index (χ0) is 12.8. The van der Waals surface area contributed by atoms with E-state index in [1.165, 1.54) is 17.8 Å². The van der Waals surface area contributed by atoms with E-state index in [-0.39, 0.29) is 17.6 Å². The first kappa shape index (κ1) is 13.0. The third-order valence-electron chi connectivity index (χ3n) is 3.07. The highest BCUT2D eigenvalue weighted by atomic mass is 32.1. The lowest BCUT2D eigenvalue weighted by atomic mass is 9.96. The van der Waals surface area contributed by atoms with Crippen LogP contribution >= 0.6 is 11.3 Å². The fourth-order valence-electron chi connectivity index (χ4n) is 2.16. The lowest BCUT2D eigenvalue weighted by molar-refractivity contribution is 0.234. The summed E-state index contributed by atoms with van der Waals surface area (Å²) in [5.41, 5.74) is 2.34. The second-order valence-electron chi connectivity index (χ2n) is 4.31. The van der Waals surface area contributed by atoms with E-state index in [1.54, 1.807) is 0 Å². The fourth-order valence-corrected chi connectivity index (χ4v) is 2.87. The van der Waals surface area contributed by atoms with Gasteiger partial charge in [0, 0.05) is 0 Å². The van der Waals surface area contributed by atoms with Crippen molar-refractivity contribution in [2.75, 3.05) is 0 Å². The Hall–Kier alpha value is -1.40. The molecule has 0 aromatic carbocycles. The van der Waals surface area contributed by atoms with Crippen molar-refractivity contribution in [2.45, 2.75) is 38.1 Å². The summed E-state index contributed by atoms with van der Waals surface area (Å²) in [6.07, 6.45) is 5.62. The molecule has 1 saturated carbocycles. The van der Waals surface area contributed by atoms with Crippen molar-refractivity contribution < 1.29 is 10.4 Å². The van der Waals surface area contributed by atoms with Gasteiger partial charge in [0.25, 0.3) is 0 Å². The number of oxime groups is 1. The van der Waals surface area contributed by atoms with Gasteiger partial charge in [-0.2, -0.15) is 0 Å². The van der Waals surface area contributed by atoms with E-state index in [9.17, 15) is 5.21 Å². The second kappa shape index (κ2) is 6.51. The largest absolute Gasteiger partial charge is 0.410 e. The molecule has 1 aliphatic rings. The van der Waals surface area contributed by atoms with Gasteiger partial charge in [-0.25, -0.2) is 0 Å². The molecule has 0 atom stereocenters. The van der Waals surface area contributed by atoms with Crippen LogP contribution in [0.2, 0.25) is 0 Å². The number of rotatable bonds is 3. The van der Waals surface area contributed by atoms with Crippen molar-refractivity contribution in [1.82, 2.24) is 5.48 Å². The van der Waals surface area contributed by atoms with Gasteiger partial charge in [-0.3, -0.25) is 15.7 Å². The summed E-state index contributed by atoms with van der Waals surface area (Å²) >= 11 is 1.44. The summed E-state index contributed by atoms with van der Waals surface area (Å²) in [7, 11) is 0. The highest BCUT2D eigenvalue weighted by molar-refractivity contribution is 7.13. The summed E-state index contributed by atoms with van der Waals surface area (Å²) in [5, 5.41) is 23.4. The molecule has 1 fully saturated rings. The Bertz CT molecular complexity index is 423. The molecule has 6 heteroatoms. The first-order chi connectivity index (χ1) is 8.85. The molecule has 1 aliphatic carbocycles. The Kier molecular flexibility index (Phi) is 4.72. The zero-order valence-corrected chi connectivity index (χ0v) is 10.9. The average Bonchev–Trinajstić information content (AvgIpc) is 2.93. The highest BCUT2D eigenvalue weighted by Crippen LogP contribution is 2.21. The minimum atomic E-state index is 0.199. The average molecular weight is 267 g/mol. The maximum absolute atomic E-state index is 9.19. The number of thiophene rings is 1. The van der Waals surface area contributed by atoms with Crippen LogP contribution in [0.4, 0.5) is 0 Å². The second-order valence-corrected chi connectivity index (χ2v) is 5.25. The molecule has 18 heavy (non-hydrogen) atoms. The smallest absolute Gasteiger partial charge is 0.176 e. The number of nitrogens with zero attached hydrogens (tertiary/aromatic N) is 2. The number of amidine groups is 1. The van der Waals surface area contributed by atoms with Crippen LogP contribution in [0.1, 0.15) is 37.0 Å². The van der Waals surface area contributed by atoms with Gasteiger partial charge in [-0.1, -0.05) is 30.5 Å². The maximum Gasteiger partial charge on any atom is 0.176 e. The van der Waals surface area contributed by atoms with Crippen LogP contribution in [-0.2, 0) is 0 Å². The van der Waals surface area contributed by atoms with E-state index in [4.69, 9.17) is 5.21 Å². The summed E-state index contributed by atoms with van der Waals surface area (Å²) in [6, 6.07) is 3.89. The monoisotopic (exact) mass is 267 g/mol. The molecular formula is C12H17N3O2S. The van der Waals surface area contributed by atoms with Crippen molar-refractivity contribution in [1.29, 1.82) is 0 Å². The normalized spacial score (nSPS) is 18.9. The molecule has 0 radical (unpaired) electrons. The Morgan fingerprint density at radius 2 is 2.11 bits per heavy atom. The highest BCUT2D eigenvalue weighted by Gasteiger charge is 2.18. The molecule has 1 aromatic rings. The molecule has 0 aliphatic heterocycles. The zero-order valence-electron chi connectivity index (χ0n) is 10.0. The van der Waals surface area contributed by atoms with E-state index in [2.05, 4.69) is 15.6 Å². The third-order valence-corrected chi connectivity index (χ3v) is 3.95. The van der Waals surface area contributed by atoms with Gasteiger partial charge < -0.3 is 5.21 Å². The Morgan fingerprint density at radius 1 is 1.33 bits per heavy atom. The van der Waals surface area contributed by atoms with Gasteiger partial charge >= 0.3 is 0 Å². The minimum absolute atomic E-state index is 0.199. The summed E-state index contributed by atoms with van der Waals surface area (Å²) in [6.45, 7) is 0. The molecule has 2 rings (SSSR count). The van der Waals surface area contributed by atoms with Crippen LogP contribution in [0.5, 0.6) is 0 Å². The van der Waals surface area contributed by atoms with Crippen LogP contribution in [0.15, 0.2) is 27.7 Å². The lowest BCUT2D eigenvalue weighted by Crippen LogP contribution is -2.31. The number of aliphatic imine (C=N–C) groups is 1. The van der Waals surface area contributed by atoms with Crippen LogP contribution in [0, 0.1) is 0 Å². The molecule has 1 heterocycles. The van der Waals surface area contributed by atoms with Gasteiger partial charge in [-0.15, -0.1) is 11.3 Å². The SMILES string of the molecule is O/N=C(/C(=NC1CCCCC1)NO)c1cccs1. The Morgan fingerprint density at radius 3 is 2.67 bits per heavy atom. The van der Waals surface area contributed by atoms with Crippen LogP contribution in [-0.4, -0.2) is 28.0 Å². The van der Waals surface area contributed by atoms with Gasteiger partial charge in [0.05, 0.1) is 10.9 Å². The first-order valence-electron chi connectivity index (χ1n) is 6.09. The Balaban J connectivity index is 2.18. The molecule has 98 valence electrons.